The van der Waals surface area contributed by atoms with Crippen LogP contribution in [0.2, 0.25) is 5.02 Å². The first-order chi connectivity index (χ1) is 41.9. The van der Waals surface area contributed by atoms with Crippen molar-refractivity contribution >= 4 is 57.5 Å². The van der Waals surface area contributed by atoms with Crippen LogP contribution >= 0.6 is 22.9 Å². The number of ether oxygens (including phenoxy) is 6. The van der Waals surface area contributed by atoms with Gasteiger partial charge >= 0.3 is 6.03 Å². The maximum atomic E-state index is 14.5. The topological polar surface area (TPSA) is 229 Å². The number of aryl methyl sites for hydroxylation is 1. The lowest BCUT2D eigenvalue weighted by Gasteiger charge is -2.32. The van der Waals surface area contributed by atoms with Crippen LogP contribution < -0.4 is 25.4 Å². The Bertz CT molecular complexity index is 2970. The number of carbonyl (C=O) groups excluding carboxylic acids is 4. The van der Waals surface area contributed by atoms with Crippen molar-refractivity contribution in [3.8, 4) is 11.5 Å². The van der Waals surface area contributed by atoms with Crippen LogP contribution in [0.15, 0.2) is 103 Å². The summed E-state index contributed by atoms with van der Waals surface area (Å²) in [5.74, 6) is 0.113. The van der Waals surface area contributed by atoms with Crippen molar-refractivity contribution in [2.75, 3.05) is 137 Å². The fourth-order valence-corrected chi connectivity index (χ4v) is 9.90. The predicted octanol–water partition coefficient (Wildman–Crippen LogP) is 7.20. The number of carbonyl (C=O) groups is 4. The molecule has 0 saturated carbocycles. The Balaban J connectivity index is 0.670. The monoisotopic (exact) mass is 1230 g/mol. The second kappa shape index (κ2) is 36.7. The van der Waals surface area contributed by atoms with E-state index in [-0.39, 0.29) is 43.3 Å². The number of hydrogen-bond acceptors (Lipinski definition) is 17. The van der Waals surface area contributed by atoms with Crippen molar-refractivity contribution < 1.29 is 52.0 Å². The molecule has 7 rings (SSSR count). The Labute approximate surface area is 511 Å². The van der Waals surface area contributed by atoms with Crippen LogP contribution in [0.25, 0.3) is 0 Å². The highest BCUT2D eigenvalue weighted by atomic mass is 35.5. The van der Waals surface area contributed by atoms with Gasteiger partial charge < -0.3 is 58.7 Å². The minimum Gasteiger partial charge on any atom is -0.494 e. The summed E-state index contributed by atoms with van der Waals surface area (Å²) in [4.78, 5) is 69.2. The highest BCUT2D eigenvalue weighted by Gasteiger charge is 2.32. The van der Waals surface area contributed by atoms with Crippen molar-refractivity contribution in [3.63, 3.8) is 0 Å². The number of aromatic nitrogens is 5. The Hall–Kier alpha value is -7.16. The number of benzene rings is 3. The van der Waals surface area contributed by atoms with Crippen LogP contribution in [-0.2, 0) is 65.7 Å². The van der Waals surface area contributed by atoms with E-state index in [1.165, 1.54) is 28.5 Å². The lowest BCUT2D eigenvalue weighted by Crippen LogP contribution is -2.47. The lowest BCUT2D eigenvalue weighted by atomic mass is 10.0. The molecule has 0 bridgehead atoms. The molecule has 6 aromatic rings. The van der Waals surface area contributed by atoms with Crippen LogP contribution in [0.5, 0.6) is 11.5 Å². The van der Waals surface area contributed by atoms with Gasteiger partial charge in [-0.05, 0) is 112 Å². The molecule has 1 aliphatic heterocycles. The number of thiazole rings is 1. The van der Waals surface area contributed by atoms with Crippen molar-refractivity contribution in [2.24, 2.45) is 0 Å². The molecule has 464 valence electrons. The van der Waals surface area contributed by atoms with Gasteiger partial charge in [-0.2, -0.15) is 0 Å². The van der Waals surface area contributed by atoms with E-state index in [0.717, 1.165) is 67.8 Å². The van der Waals surface area contributed by atoms with Crippen LogP contribution in [0, 0.1) is 5.82 Å². The van der Waals surface area contributed by atoms with Gasteiger partial charge in [-0.25, -0.2) is 18.9 Å². The third-order valence-electron chi connectivity index (χ3n) is 13.9. The summed E-state index contributed by atoms with van der Waals surface area (Å²) in [6.07, 6.45) is 8.09. The molecule has 3 N–H and O–H groups in total. The number of unbranched alkanes of at least 4 members (excludes halogenated alkanes) is 1. The zero-order valence-corrected chi connectivity index (χ0v) is 50.9. The lowest BCUT2D eigenvalue weighted by molar-refractivity contribution is -0.141. The van der Waals surface area contributed by atoms with Crippen LogP contribution in [-0.4, -0.2) is 195 Å². The van der Waals surface area contributed by atoms with Gasteiger partial charge in [-0.3, -0.25) is 24.7 Å². The molecule has 25 heteroatoms. The molecular weight excluding hydrogens is 1150 g/mol. The number of urea groups is 1. The van der Waals surface area contributed by atoms with E-state index < -0.39 is 23.8 Å². The van der Waals surface area contributed by atoms with Crippen LogP contribution in [0.3, 0.4) is 0 Å². The van der Waals surface area contributed by atoms with Crippen molar-refractivity contribution in [3.05, 3.63) is 142 Å². The molecule has 1 atom stereocenters. The number of likely N-dealkylation sites (N-methyl/N-ethyl adjacent to an activating group) is 2. The summed E-state index contributed by atoms with van der Waals surface area (Å²) >= 11 is 7.32. The quantitative estimate of drug-likeness (QED) is 0.0326. The molecule has 3 aromatic heterocycles. The molecule has 0 aliphatic carbocycles. The van der Waals surface area contributed by atoms with Gasteiger partial charge in [0.15, 0.2) is 5.13 Å². The van der Waals surface area contributed by atoms with Gasteiger partial charge in [-0.1, -0.05) is 41.1 Å². The highest BCUT2D eigenvalue weighted by molar-refractivity contribution is 7.14. The molecule has 0 radical (unpaired) electrons. The average Bonchev–Trinajstić information content (AvgIpc) is 4.07. The average molecular weight is 1230 g/mol. The smallest absolute Gasteiger partial charge is 0.325 e. The molecule has 3 aromatic carbocycles. The molecule has 1 fully saturated rings. The van der Waals surface area contributed by atoms with Gasteiger partial charge in [0.2, 0.25) is 17.7 Å². The normalized spacial score (nSPS) is 12.9. The molecule has 4 heterocycles. The first-order valence-electron chi connectivity index (χ1n) is 29.0. The Morgan fingerprint density at radius 1 is 0.744 bits per heavy atom. The van der Waals surface area contributed by atoms with E-state index in [0.29, 0.717) is 126 Å². The SMILES string of the molecule is COCCCN(C(=O)CCc1ccc(OCCCCN(C)CCOCCOCCc2cn(CCOCCOc3ccc(NC(=O)Nc4nc(CC(=O)N5CCN(C)CC5)cs4)cc3)nn2)cc1)C(C(=O)NCc1ccc(Cl)cc1)c1cncc(F)c1. The number of nitrogens with zero attached hydrogens (tertiary/aromatic N) is 9. The summed E-state index contributed by atoms with van der Waals surface area (Å²) in [6, 6.07) is 21.5. The summed E-state index contributed by atoms with van der Waals surface area (Å²) < 4.78 is 50.6. The summed E-state index contributed by atoms with van der Waals surface area (Å²) in [5, 5.41) is 19.7. The number of anilines is 2. The highest BCUT2D eigenvalue weighted by Crippen LogP contribution is 2.25. The van der Waals surface area contributed by atoms with Gasteiger partial charge in [-0.15, -0.1) is 16.4 Å². The number of methoxy groups -OCH3 is 1. The van der Waals surface area contributed by atoms with Crippen molar-refractivity contribution in [1.82, 2.24) is 49.9 Å². The molecule has 0 spiro atoms. The number of piperazine rings is 1. The zero-order valence-electron chi connectivity index (χ0n) is 49.3. The fourth-order valence-electron chi connectivity index (χ4n) is 9.07. The van der Waals surface area contributed by atoms with Gasteiger partial charge in [0, 0.05) is 106 Å². The maximum absolute atomic E-state index is 14.5. The van der Waals surface area contributed by atoms with E-state index in [2.05, 4.69) is 53.1 Å². The van der Waals surface area contributed by atoms with Crippen molar-refractivity contribution in [1.29, 1.82) is 0 Å². The Kier molecular flexibility index (Phi) is 28.4. The van der Waals surface area contributed by atoms with Gasteiger partial charge in [0.25, 0.3) is 0 Å². The van der Waals surface area contributed by atoms with E-state index in [4.69, 9.17) is 40.0 Å². The van der Waals surface area contributed by atoms with Crippen LogP contribution in [0.1, 0.15) is 59.8 Å². The third-order valence-corrected chi connectivity index (χ3v) is 15.0. The second-order valence-corrected chi connectivity index (χ2v) is 21.9. The second-order valence-electron chi connectivity index (χ2n) is 20.6. The summed E-state index contributed by atoms with van der Waals surface area (Å²) in [6.45, 7) is 10.0. The maximum Gasteiger partial charge on any atom is 0.325 e. The molecule has 1 unspecified atom stereocenters. The van der Waals surface area contributed by atoms with E-state index in [1.807, 2.05) is 42.4 Å². The minimum atomic E-state index is -1.11. The van der Waals surface area contributed by atoms with Gasteiger partial charge in [0.05, 0.1) is 76.8 Å². The number of nitrogens with one attached hydrogen (secondary N) is 3. The standard InChI is InChI=1S/C61H80ClFN12O10S/c1-71(22-4-5-31-84-54-16-9-46(10-17-54)11-20-56(76)75(23-6-30-80-3)58(48-39-50(63)43-64-42-48)59(78)65-41-47-7-12-49(62)13-8-47)28-33-82-36-35-81-32-21-52-44-74(70-69-52)29-34-83-37-38-85-55-18-14-51(15-19-55)66-60(79)68-61-67-53(45-86-61)40-57(77)73-26-24-72(2)25-27-73/h7-10,12-19,39,42-45,58H,4-6,11,20-38,40-41H2,1-3H3,(H,65,78)(H2,66,67,68,79). The molecule has 22 nitrogen and oxygen atoms in total. The summed E-state index contributed by atoms with van der Waals surface area (Å²) in [5.41, 5.74) is 4.09. The zero-order chi connectivity index (χ0) is 60.7. The first-order valence-corrected chi connectivity index (χ1v) is 30.3. The fraction of sp³-hybridized carbons (Fsp3) is 0.475. The molecular formula is C61H80ClFN12O10S. The van der Waals surface area contributed by atoms with E-state index >= 15 is 0 Å². The van der Waals surface area contributed by atoms with Crippen LogP contribution in [0.4, 0.5) is 20.0 Å². The Morgan fingerprint density at radius 2 is 1.45 bits per heavy atom. The number of hydrogen-bond donors (Lipinski definition) is 3. The predicted molar refractivity (Wildman–Crippen MR) is 326 cm³/mol. The largest absolute Gasteiger partial charge is 0.494 e. The number of rotatable bonds is 38. The van der Waals surface area contributed by atoms with Crippen molar-refractivity contribution in [2.45, 2.75) is 64.1 Å². The number of halogens is 2. The molecule has 1 aliphatic rings. The Morgan fingerprint density at radius 3 is 2.21 bits per heavy atom. The number of amides is 5. The van der Waals surface area contributed by atoms with E-state index in [1.54, 1.807) is 65.7 Å². The molecule has 5 amide bonds. The van der Waals surface area contributed by atoms with Gasteiger partial charge in [0.1, 0.15) is 30.0 Å². The molecule has 1 saturated heterocycles. The minimum absolute atomic E-state index is 0.0428. The molecule has 86 heavy (non-hydrogen) atoms. The summed E-state index contributed by atoms with van der Waals surface area (Å²) in [7, 11) is 5.69. The number of pyridine rings is 1. The first kappa shape index (κ1) is 66.4. The van der Waals surface area contributed by atoms with E-state index in [9.17, 15) is 23.6 Å². The third kappa shape index (κ3) is 24.0.